The van der Waals surface area contributed by atoms with Gasteiger partial charge in [-0.3, -0.25) is 0 Å². The first-order valence-corrected chi connectivity index (χ1v) is 3.13. The van der Waals surface area contributed by atoms with E-state index in [1.54, 1.807) is 6.92 Å². The molecule has 0 spiro atoms. The van der Waals surface area contributed by atoms with Crippen LogP contribution in [-0.4, -0.2) is 31.1 Å². The highest BCUT2D eigenvalue weighted by Gasteiger charge is 2.07. The Morgan fingerprint density at radius 2 is 1.91 bits per heavy atom. The summed E-state index contributed by atoms with van der Waals surface area (Å²) in [6, 6.07) is 0. The van der Waals surface area contributed by atoms with Crippen LogP contribution in [0.25, 0.3) is 0 Å². The molecule has 0 rings (SSSR count). The van der Waals surface area contributed by atoms with E-state index in [-0.39, 0.29) is 0 Å². The lowest BCUT2D eigenvalue weighted by Gasteiger charge is -2.07. The Hall–Kier alpha value is -1.32. The smallest absolute Gasteiger partial charge is 0.373 e. The van der Waals surface area contributed by atoms with Crippen LogP contribution >= 0.6 is 0 Å². The van der Waals surface area contributed by atoms with Gasteiger partial charge < -0.3 is 9.64 Å². The monoisotopic (exact) mass is 157 g/mol. The first-order chi connectivity index (χ1) is 5.07. The fourth-order valence-electron chi connectivity index (χ4n) is 0.347. The molecule has 0 saturated carbocycles. The van der Waals surface area contributed by atoms with Gasteiger partial charge >= 0.3 is 12.1 Å². The van der Waals surface area contributed by atoms with Crippen LogP contribution in [0.15, 0.2) is 12.2 Å². The van der Waals surface area contributed by atoms with Gasteiger partial charge in [0.25, 0.3) is 0 Å². The summed E-state index contributed by atoms with van der Waals surface area (Å²) in [6.07, 6.45) is 2.03. The second kappa shape index (κ2) is 4.49. The van der Waals surface area contributed by atoms with Gasteiger partial charge in [0.1, 0.15) is 0 Å². The number of hydrogen-bond acceptors (Lipinski definition) is 3. The Kier molecular flexibility index (Phi) is 3.95. The molecular formula is C7H11NO3. The van der Waals surface area contributed by atoms with Crippen LogP contribution in [0.1, 0.15) is 6.92 Å². The maximum Gasteiger partial charge on any atom is 0.417 e. The van der Waals surface area contributed by atoms with E-state index < -0.39 is 12.1 Å². The third kappa shape index (κ3) is 4.13. The average Bonchev–Trinajstić information content (AvgIpc) is 1.87. The number of esters is 1. The van der Waals surface area contributed by atoms with Crippen LogP contribution in [0.5, 0.6) is 0 Å². The van der Waals surface area contributed by atoms with Crippen molar-refractivity contribution in [3.8, 4) is 0 Å². The predicted molar refractivity (Wildman–Crippen MR) is 40.0 cm³/mol. The number of carbonyl (C=O) groups excluding carboxylic acids is 2. The summed E-state index contributed by atoms with van der Waals surface area (Å²) in [4.78, 5) is 22.5. The van der Waals surface area contributed by atoms with Gasteiger partial charge in [-0.2, -0.15) is 0 Å². The molecule has 0 aromatic heterocycles. The van der Waals surface area contributed by atoms with Crippen LogP contribution < -0.4 is 0 Å². The van der Waals surface area contributed by atoms with Gasteiger partial charge in [-0.15, -0.1) is 0 Å². The highest BCUT2D eigenvalue weighted by molar-refractivity contribution is 5.91. The van der Waals surface area contributed by atoms with E-state index in [2.05, 4.69) is 4.74 Å². The summed E-state index contributed by atoms with van der Waals surface area (Å²) < 4.78 is 4.31. The molecule has 0 aromatic carbocycles. The SMILES string of the molecule is C/C=C/C(=O)OC(=O)N(C)C. The van der Waals surface area contributed by atoms with E-state index in [1.165, 1.54) is 31.1 Å². The van der Waals surface area contributed by atoms with E-state index in [0.717, 1.165) is 0 Å². The number of allylic oxidation sites excluding steroid dienone is 1. The first-order valence-electron chi connectivity index (χ1n) is 3.13. The summed E-state index contributed by atoms with van der Waals surface area (Å²) in [6.45, 7) is 1.67. The van der Waals surface area contributed by atoms with E-state index in [4.69, 9.17) is 0 Å². The summed E-state index contributed by atoms with van der Waals surface area (Å²) in [5.41, 5.74) is 0. The molecule has 0 atom stereocenters. The number of rotatable bonds is 1. The van der Waals surface area contributed by atoms with Gasteiger partial charge in [0.15, 0.2) is 0 Å². The molecule has 0 fully saturated rings. The third-order valence-corrected chi connectivity index (χ3v) is 0.856. The largest absolute Gasteiger partial charge is 0.417 e. The van der Waals surface area contributed by atoms with Crippen molar-refractivity contribution in [3.05, 3.63) is 12.2 Å². The lowest BCUT2D eigenvalue weighted by atomic mass is 10.5. The van der Waals surface area contributed by atoms with Gasteiger partial charge in [-0.05, 0) is 6.92 Å². The zero-order valence-electron chi connectivity index (χ0n) is 6.83. The van der Waals surface area contributed by atoms with E-state index >= 15 is 0 Å². The molecule has 1 amide bonds. The zero-order valence-corrected chi connectivity index (χ0v) is 6.83. The van der Waals surface area contributed by atoms with E-state index in [9.17, 15) is 9.59 Å². The van der Waals surface area contributed by atoms with E-state index in [0.29, 0.717) is 0 Å². The Balaban J connectivity index is 3.86. The highest BCUT2D eigenvalue weighted by Crippen LogP contribution is 1.87. The molecule has 0 bridgehead atoms. The quantitative estimate of drug-likeness (QED) is 0.321. The van der Waals surface area contributed by atoms with Crippen molar-refractivity contribution in [3.63, 3.8) is 0 Å². The summed E-state index contributed by atoms with van der Waals surface area (Å²) in [7, 11) is 3.01. The molecule has 4 nitrogen and oxygen atoms in total. The fourth-order valence-corrected chi connectivity index (χ4v) is 0.347. The van der Waals surface area contributed by atoms with Crippen molar-refractivity contribution < 1.29 is 14.3 Å². The Labute approximate surface area is 65.4 Å². The predicted octanol–water partition coefficient (Wildman–Crippen LogP) is 0.787. The Morgan fingerprint density at radius 3 is 2.27 bits per heavy atom. The number of carbonyl (C=O) groups is 2. The normalized spacial score (nSPS) is 9.73. The molecule has 0 radical (unpaired) electrons. The number of amides is 1. The second-order valence-corrected chi connectivity index (χ2v) is 2.08. The minimum absolute atomic E-state index is 0.647. The van der Waals surface area contributed by atoms with Gasteiger partial charge in [0.2, 0.25) is 0 Å². The molecule has 0 heterocycles. The highest BCUT2D eigenvalue weighted by atomic mass is 16.6. The molecular weight excluding hydrogens is 146 g/mol. The van der Waals surface area contributed by atoms with Crippen molar-refractivity contribution in [1.29, 1.82) is 0 Å². The molecule has 0 aliphatic heterocycles. The molecule has 62 valence electrons. The summed E-state index contributed by atoms with van der Waals surface area (Å²) in [5.74, 6) is -0.647. The van der Waals surface area contributed by atoms with Crippen LogP contribution in [0.2, 0.25) is 0 Å². The maximum absolute atomic E-state index is 10.7. The fraction of sp³-hybridized carbons (Fsp3) is 0.429. The molecule has 0 aromatic rings. The molecule has 0 unspecified atom stereocenters. The lowest BCUT2D eigenvalue weighted by molar-refractivity contribution is -0.132. The van der Waals surface area contributed by atoms with Crippen molar-refractivity contribution in [1.82, 2.24) is 4.90 Å². The minimum atomic E-state index is -0.659. The van der Waals surface area contributed by atoms with Gasteiger partial charge in [0.05, 0.1) is 0 Å². The van der Waals surface area contributed by atoms with Gasteiger partial charge in [-0.1, -0.05) is 6.08 Å². The van der Waals surface area contributed by atoms with Gasteiger partial charge in [-0.25, -0.2) is 9.59 Å². The van der Waals surface area contributed by atoms with Crippen molar-refractivity contribution in [2.75, 3.05) is 14.1 Å². The van der Waals surface area contributed by atoms with Crippen LogP contribution in [0.3, 0.4) is 0 Å². The average molecular weight is 157 g/mol. The lowest BCUT2D eigenvalue weighted by Crippen LogP contribution is -2.24. The van der Waals surface area contributed by atoms with Crippen molar-refractivity contribution >= 4 is 12.1 Å². The standard InChI is InChI=1S/C7H11NO3/c1-4-5-6(9)11-7(10)8(2)3/h4-5H,1-3H3/b5-4+. The van der Waals surface area contributed by atoms with Gasteiger partial charge in [0, 0.05) is 20.2 Å². The maximum atomic E-state index is 10.7. The zero-order chi connectivity index (χ0) is 8.85. The van der Waals surface area contributed by atoms with Crippen LogP contribution in [0.4, 0.5) is 4.79 Å². The number of ether oxygens (including phenoxy) is 1. The third-order valence-electron chi connectivity index (χ3n) is 0.856. The number of nitrogens with zero attached hydrogens (tertiary/aromatic N) is 1. The van der Waals surface area contributed by atoms with Crippen molar-refractivity contribution in [2.24, 2.45) is 0 Å². The molecule has 0 aliphatic rings. The van der Waals surface area contributed by atoms with Crippen molar-refractivity contribution in [2.45, 2.75) is 6.92 Å². The van der Waals surface area contributed by atoms with Crippen LogP contribution in [0, 0.1) is 0 Å². The second-order valence-electron chi connectivity index (χ2n) is 2.08. The molecule has 0 N–H and O–H groups in total. The summed E-state index contributed by atoms with van der Waals surface area (Å²) >= 11 is 0. The molecule has 0 aliphatic carbocycles. The van der Waals surface area contributed by atoms with E-state index in [1.807, 2.05) is 0 Å². The first kappa shape index (κ1) is 9.68. The number of hydrogen-bond donors (Lipinski definition) is 0. The summed E-state index contributed by atoms with van der Waals surface area (Å²) in [5, 5.41) is 0. The minimum Gasteiger partial charge on any atom is -0.373 e. The molecule has 11 heavy (non-hydrogen) atoms. The molecule has 4 heteroatoms. The molecule has 0 saturated heterocycles. The topological polar surface area (TPSA) is 46.6 Å². The Bertz CT molecular complexity index is 184. The Morgan fingerprint density at radius 1 is 1.36 bits per heavy atom. The van der Waals surface area contributed by atoms with Crippen LogP contribution in [-0.2, 0) is 9.53 Å².